The summed E-state index contributed by atoms with van der Waals surface area (Å²) in [6.45, 7) is 2.20. The molecule has 4 aliphatic carbocycles. The number of aromatic nitrogens is 2. The molecule has 0 radical (unpaired) electrons. The maximum Gasteiger partial charge on any atom is 0.140 e. The van der Waals surface area contributed by atoms with Gasteiger partial charge in [0.05, 0.1) is 4.88 Å². The highest BCUT2D eigenvalue weighted by Gasteiger charge is 2.51. The molecule has 0 aliphatic heterocycles. The van der Waals surface area contributed by atoms with Gasteiger partial charge in [0.2, 0.25) is 0 Å². The van der Waals surface area contributed by atoms with E-state index in [0.29, 0.717) is 5.54 Å². The predicted octanol–water partition coefficient (Wildman–Crippen LogP) is 5.75. The highest BCUT2D eigenvalue weighted by molar-refractivity contribution is 7.13. The third-order valence-corrected chi connectivity index (χ3v) is 8.05. The Morgan fingerprint density at radius 3 is 2.46 bits per heavy atom. The second-order valence-corrected chi connectivity index (χ2v) is 9.91. The lowest BCUT2D eigenvalue weighted by molar-refractivity contribution is 0.0105. The molecule has 26 heavy (non-hydrogen) atoms. The van der Waals surface area contributed by atoms with Crippen LogP contribution in [-0.2, 0) is 0 Å². The fraction of sp³-hybridized carbons (Fsp3) is 0.500. The number of imidazole rings is 1. The Morgan fingerprint density at radius 1 is 1.08 bits per heavy atom. The van der Waals surface area contributed by atoms with Gasteiger partial charge in [-0.25, -0.2) is 4.98 Å². The molecule has 4 bridgehead atoms. The van der Waals surface area contributed by atoms with Gasteiger partial charge >= 0.3 is 0 Å². The second-order valence-electron chi connectivity index (χ2n) is 8.99. The van der Waals surface area contributed by atoms with Gasteiger partial charge in [-0.2, -0.15) is 0 Å². The van der Waals surface area contributed by atoms with Crippen molar-refractivity contribution in [2.24, 2.45) is 17.8 Å². The Balaban J connectivity index is 1.49. The summed E-state index contributed by atoms with van der Waals surface area (Å²) in [6, 6.07) is 8.53. The Kier molecular flexibility index (Phi) is 3.14. The zero-order chi connectivity index (χ0) is 17.3. The quantitative estimate of drug-likeness (QED) is 0.642. The van der Waals surface area contributed by atoms with Gasteiger partial charge in [0.1, 0.15) is 17.2 Å². The van der Waals surface area contributed by atoms with E-state index in [2.05, 4.69) is 52.5 Å². The van der Waals surface area contributed by atoms with E-state index >= 15 is 0 Å². The number of hydrogen-bond acceptors (Lipinski definition) is 3. The van der Waals surface area contributed by atoms with Crippen LogP contribution >= 0.6 is 11.3 Å². The summed E-state index contributed by atoms with van der Waals surface area (Å²) < 4.78 is 2.27. The van der Waals surface area contributed by atoms with Gasteiger partial charge in [-0.15, -0.1) is 11.3 Å². The molecule has 3 aromatic heterocycles. The van der Waals surface area contributed by atoms with Gasteiger partial charge in [0.25, 0.3) is 0 Å². The average Bonchev–Trinajstić information content (AvgIpc) is 3.17. The molecule has 0 atom stereocenters. The number of nitrogens with zero attached hydrogens (tertiary/aromatic N) is 2. The van der Waals surface area contributed by atoms with E-state index < -0.39 is 0 Å². The number of aryl methyl sites for hydroxylation is 1. The Labute approximate surface area is 158 Å². The van der Waals surface area contributed by atoms with Crippen LogP contribution in [0.5, 0.6) is 0 Å². The number of nitrogens with one attached hydrogen (secondary N) is 1. The molecule has 3 heterocycles. The van der Waals surface area contributed by atoms with E-state index in [1.165, 1.54) is 54.8 Å². The Hall–Kier alpha value is -1.81. The highest BCUT2D eigenvalue weighted by Crippen LogP contribution is 2.57. The largest absolute Gasteiger partial charge is 0.364 e. The summed E-state index contributed by atoms with van der Waals surface area (Å²) in [5.41, 5.74) is 3.80. The van der Waals surface area contributed by atoms with Gasteiger partial charge in [-0.3, -0.25) is 4.40 Å². The number of fused-ring (bicyclic) bond motifs is 1. The van der Waals surface area contributed by atoms with Crippen LogP contribution in [0.15, 0.2) is 35.8 Å². The summed E-state index contributed by atoms with van der Waals surface area (Å²) >= 11 is 1.81. The minimum absolute atomic E-state index is 0.292. The van der Waals surface area contributed by atoms with Gasteiger partial charge in [0, 0.05) is 11.7 Å². The minimum atomic E-state index is 0.292. The lowest BCUT2D eigenvalue weighted by atomic mass is 9.53. The van der Waals surface area contributed by atoms with Crippen LogP contribution in [-0.4, -0.2) is 14.9 Å². The van der Waals surface area contributed by atoms with Gasteiger partial charge in [0.15, 0.2) is 0 Å². The van der Waals surface area contributed by atoms with E-state index in [1.54, 1.807) is 0 Å². The maximum atomic E-state index is 5.03. The SMILES string of the molecule is Cc1ccsc1-c1nc2ccccn2c1NC12CC3CC(CC(C3)C1)C2. The molecule has 4 aliphatic rings. The number of pyridine rings is 1. The van der Waals surface area contributed by atoms with Crippen LogP contribution in [0.3, 0.4) is 0 Å². The van der Waals surface area contributed by atoms with Crippen molar-refractivity contribution in [3.63, 3.8) is 0 Å². The first-order chi connectivity index (χ1) is 12.7. The van der Waals surface area contributed by atoms with Gasteiger partial charge in [-0.05, 0) is 92.3 Å². The molecule has 134 valence electrons. The van der Waals surface area contributed by atoms with Crippen LogP contribution in [0, 0.1) is 24.7 Å². The summed E-state index contributed by atoms with van der Waals surface area (Å²) in [5, 5.41) is 6.28. The predicted molar refractivity (Wildman–Crippen MR) is 108 cm³/mol. The van der Waals surface area contributed by atoms with Crippen molar-refractivity contribution in [2.45, 2.75) is 51.0 Å². The first-order valence-corrected chi connectivity index (χ1v) is 10.9. The molecule has 0 amide bonds. The number of hydrogen-bond donors (Lipinski definition) is 1. The van der Waals surface area contributed by atoms with Crippen molar-refractivity contribution in [3.8, 4) is 10.6 Å². The molecule has 0 saturated heterocycles. The Morgan fingerprint density at radius 2 is 1.81 bits per heavy atom. The van der Waals surface area contributed by atoms with E-state index in [-0.39, 0.29) is 0 Å². The molecule has 0 spiro atoms. The summed E-state index contributed by atoms with van der Waals surface area (Å²) in [4.78, 5) is 6.33. The van der Waals surface area contributed by atoms with Crippen molar-refractivity contribution in [1.82, 2.24) is 9.38 Å². The second kappa shape index (κ2) is 5.35. The standard InChI is InChI=1S/C22H25N3S/c1-14-5-7-26-20(14)19-21(25-6-3-2-4-18(25)23-19)24-22-11-15-8-16(12-22)10-17(9-15)13-22/h2-7,15-17,24H,8-13H2,1H3. The average molecular weight is 364 g/mol. The van der Waals surface area contributed by atoms with Crippen molar-refractivity contribution in [1.29, 1.82) is 0 Å². The zero-order valence-electron chi connectivity index (χ0n) is 15.2. The van der Waals surface area contributed by atoms with E-state index in [9.17, 15) is 0 Å². The van der Waals surface area contributed by atoms with Gasteiger partial charge in [-0.1, -0.05) is 6.07 Å². The highest BCUT2D eigenvalue weighted by atomic mass is 32.1. The third kappa shape index (κ3) is 2.21. The van der Waals surface area contributed by atoms with E-state index in [0.717, 1.165) is 29.1 Å². The maximum absolute atomic E-state index is 5.03. The molecule has 7 rings (SSSR count). The monoisotopic (exact) mass is 363 g/mol. The number of anilines is 1. The van der Waals surface area contributed by atoms with Crippen molar-refractivity contribution in [3.05, 3.63) is 41.4 Å². The topological polar surface area (TPSA) is 29.3 Å². The normalized spacial score (nSPS) is 32.4. The first-order valence-electron chi connectivity index (χ1n) is 9.99. The minimum Gasteiger partial charge on any atom is -0.364 e. The lowest BCUT2D eigenvalue weighted by Gasteiger charge is -2.57. The van der Waals surface area contributed by atoms with E-state index in [1.807, 2.05) is 11.3 Å². The van der Waals surface area contributed by atoms with Crippen LogP contribution in [0.25, 0.3) is 16.2 Å². The van der Waals surface area contributed by atoms with Gasteiger partial charge < -0.3 is 5.32 Å². The molecule has 4 saturated carbocycles. The first kappa shape index (κ1) is 15.3. The molecule has 4 heteroatoms. The molecule has 1 N–H and O–H groups in total. The summed E-state index contributed by atoms with van der Waals surface area (Å²) in [5.74, 6) is 4.05. The Bertz CT molecular complexity index is 947. The number of rotatable bonds is 3. The molecule has 3 aromatic rings. The molecule has 0 aromatic carbocycles. The smallest absolute Gasteiger partial charge is 0.140 e. The molecular weight excluding hydrogens is 338 g/mol. The summed E-state index contributed by atoms with van der Waals surface area (Å²) in [6.07, 6.45) is 10.6. The van der Waals surface area contributed by atoms with Crippen LogP contribution in [0.1, 0.15) is 44.1 Å². The van der Waals surface area contributed by atoms with Crippen LogP contribution < -0.4 is 5.32 Å². The third-order valence-electron chi connectivity index (χ3n) is 7.03. The fourth-order valence-corrected chi connectivity index (χ4v) is 7.32. The van der Waals surface area contributed by atoms with Crippen molar-refractivity contribution < 1.29 is 0 Å². The van der Waals surface area contributed by atoms with Crippen LogP contribution in [0.4, 0.5) is 5.82 Å². The van der Waals surface area contributed by atoms with E-state index in [4.69, 9.17) is 4.98 Å². The summed E-state index contributed by atoms with van der Waals surface area (Å²) in [7, 11) is 0. The zero-order valence-corrected chi connectivity index (χ0v) is 16.1. The van der Waals surface area contributed by atoms with Crippen molar-refractivity contribution in [2.75, 3.05) is 5.32 Å². The van der Waals surface area contributed by atoms with Crippen molar-refractivity contribution >= 4 is 22.8 Å². The molecule has 3 nitrogen and oxygen atoms in total. The number of thiophene rings is 1. The molecular formula is C22H25N3S. The van der Waals surface area contributed by atoms with Crippen LogP contribution in [0.2, 0.25) is 0 Å². The lowest BCUT2D eigenvalue weighted by Crippen LogP contribution is -2.55. The molecule has 0 unspecified atom stereocenters. The molecule has 4 fully saturated rings. The fourth-order valence-electron chi connectivity index (χ4n) is 6.40.